The summed E-state index contributed by atoms with van der Waals surface area (Å²) in [6, 6.07) is 7.49. The predicted octanol–water partition coefficient (Wildman–Crippen LogP) is 4.82. The number of hydrogen-bond donors (Lipinski definition) is 1. The molecule has 0 aliphatic carbocycles. The van der Waals surface area contributed by atoms with Crippen LogP contribution in [0, 0.1) is 0 Å². The van der Waals surface area contributed by atoms with Crippen LogP contribution in [-0.2, 0) is 6.54 Å². The van der Waals surface area contributed by atoms with E-state index in [0.717, 1.165) is 10.0 Å². The van der Waals surface area contributed by atoms with Crippen LogP contribution in [0.15, 0.2) is 28.7 Å². The lowest BCUT2D eigenvalue weighted by molar-refractivity contribution is -0.237. The molecule has 0 spiro atoms. The summed E-state index contributed by atoms with van der Waals surface area (Å²) in [5, 5.41) is -1.67. The van der Waals surface area contributed by atoms with Crippen molar-refractivity contribution in [1.82, 2.24) is 5.32 Å². The summed E-state index contributed by atoms with van der Waals surface area (Å²) in [5.74, 6) is -0.254. The number of hydrogen-bond acceptors (Lipinski definition) is 2. The Morgan fingerprint density at radius 2 is 1.75 bits per heavy atom. The highest BCUT2D eigenvalue weighted by Gasteiger charge is 2.57. The molecule has 0 fully saturated rings. The largest absolute Gasteiger partial charge is 0.464 e. The maximum atomic E-state index is 12.6. The molecule has 8 heteroatoms. The number of halogens is 6. The standard InChI is InChI=1S/C12H13BrF5NS/c13-10-5-2-1-4-9(10)8-19-6-3-7-20-12(17,18)11(14,15)16/h1-2,4-5,19H,3,6-8H2. The van der Waals surface area contributed by atoms with Crippen molar-refractivity contribution in [3.63, 3.8) is 0 Å². The summed E-state index contributed by atoms with van der Waals surface area (Å²) in [5.41, 5.74) is 1.00. The average Bonchev–Trinajstić information content (AvgIpc) is 2.34. The molecule has 0 bridgehead atoms. The van der Waals surface area contributed by atoms with Gasteiger partial charge in [-0.25, -0.2) is 0 Å². The van der Waals surface area contributed by atoms with Gasteiger partial charge in [-0.3, -0.25) is 0 Å². The first-order chi connectivity index (χ1) is 9.24. The fraction of sp³-hybridized carbons (Fsp3) is 0.500. The molecule has 0 saturated heterocycles. The molecule has 0 amide bonds. The molecular weight excluding hydrogens is 365 g/mol. The Morgan fingerprint density at radius 3 is 2.35 bits per heavy atom. The molecule has 0 atom stereocenters. The normalized spacial score (nSPS) is 12.7. The number of rotatable bonds is 7. The number of benzene rings is 1. The summed E-state index contributed by atoms with van der Waals surface area (Å²) in [6.07, 6.45) is -5.25. The summed E-state index contributed by atoms with van der Waals surface area (Å²) in [7, 11) is 0. The minimum Gasteiger partial charge on any atom is -0.313 e. The van der Waals surface area contributed by atoms with Crippen molar-refractivity contribution >= 4 is 27.7 Å². The van der Waals surface area contributed by atoms with Crippen LogP contribution in [0.4, 0.5) is 22.0 Å². The van der Waals surface area contributed by atoms with Gasteiger partial charge in [-0.15, -0.1) is 0 Å². The molecule has 0 aliphatic rings. The molecule has 114 valence electrons. The molecule has 1 nitrogen and oxygen atoms in total. The Labute approximate surface area is 126 Å². The quantitative estimate of drug-likeness (QED) is 0.540. The molecule has 0 heterocycles. The van der Waals surface area contributed by atoms with Crippen molar-refractivity contribution in [2.45, 2.75) is 24.4 Å². The van der Waals surface area contributed by atoms with E-state index in [1.807, 2.05) is 24.3 Å². The fourth-order valence-electron chi connectivity index (χ4n) is 1.34. The van der Waals surface area contributed by atoms with E-state index in [-0.39, 0.29) is 23.9 Å². The number of alkyl halides is 5. The first kappa shape index (κ1) is 17.7. The lowest BCUT2D eigenvalue weighted by atomic mass is 10.2. The van der Waals surface area contributed by atoms with Crippen molar-refractivity contribution in [3.05, 3.63) is 34.3 Å². The van der Waals surface area contributed by atoms with Crippen molar-refractivity contribution < 1.29 is 22.0 Å². The molecular formula is C12H13BrF5NS. The Bertz CT molecular complexity index is 425. The summed E-state index contributed by atoms with van der Waals surface area (Å²) in [4.78, 5) is 0. The highest BCUT2D eigenvalue weighted by molar-refractivity contribution is 9.10. The second kappa shape index (κ2) is 7.61. The van der Waals surface area contributed by atoms with Gasteiger partial charge in [0, 0.05) is 16.8 Å². The monoisotopic (exact) mass is 377 g/mol. The van der Waals surface area contributed by atoms with E-state index >= 15 is 0 Å². The first-order valence-corrected chi connectivity index (χ1v) is 7.54. The van der Waals surface area contributed by atoms with Crippen LogP contribution in [0.25, 0.3) is 0 Å². The fourth-order valence-corrected chi connectivity index (χ4v) is 2.48. The van der Waals surface area contributed by atoms with Gasteiger partial charge in [0.1, 0.15) is 0 Å². The van der Waals surface area contributed by atoms with Gasteiger partial charge < -0.3 is 5.32 Å². The molecule has 1 aromatic rings. The maximum absolute atomic E-state index is 12.6. The van der Waals surface area contributed by atoms with E-state index in [0.29, 0.717) is 13.1 Å². The van der Waals surface area contributed by atoms with E-state index < -0.39 is 11.4 Å². The van der Waals surface area contributed by atoms with Crippen molar-refractivity contribution in [2.75, 3.05) is 12.3 Å². The average molecular weight is 378 g/mol. The van der Waals surface area contributed by atoms with Crippen LogP contribution >= 0.6 is 27.7 Å². The molecule has 20 heavy (non-hydrogen) atoms. The van der Waals surface area contributed by atoms with E-state index in [2.05, 4.69) is 21.2 Å². The third-order valence-corrected chi connectivity index (χ3v) is 4.24. The molecule has 1 aromatic carbocycles. The van der Waals surface area contributed by atoms with Crippen LogP contribution in [0.3, 0.4) is 0 Å². The molecule has 0 radical (unpaired) electrons. The highest BCUT2D eigenvalue weighted by Crippen LogP contribution is 2.44. The molecule has 0 unspecified atom stereocenters. The third kappa shape index (κ3) is 5.57. The van der Waals surface area contributed by atoms with Crippen LogP contribution < -0.4 is 5.32 Å². The van der Waals surface area contributed by atoms with Gasteiger partial charge in [-0.2, -0.15) is 22.0 Å². The molecule has 0 aliphatic heterocycles. The molecule has 1 N–H and O–H groups in total. The third-order valence-electron chi connectivity index (χ3n) is 2.38. The maximum Gasteiger partial charge on any atom is 0.464 e. The topological polar surface area (TPSA) is 12.0 Å². The van der Waals surface area contributed by atoms with Gasteiger partial charge in [0.25, 0.3) is 0 Å². The van der Waals surface area contributed by atoms with E-state index in [4.69, 9.17) is 0 Å². The van der Waals surface area contributed by atoms with Gasteiger partial charge in [0.2, 0.25) is 0 Å². The van der Waals surface area contributed by atoms with Crippen molar-refractivity contribution in [1.29, 1.82) is 0 Å². The Kier molecular flexibility index (Phi) is 6.74. The summed E-state index contributed by atoms with van der Waals surface area (Å²) in [6.45, 7) is 0.907. The van der Waals surface area contributed by atoms with E-state index in [1.54, 1.807) is 0 Å². The van der Waals surface area contributed by atoms with Gasteiger partial charge >= 0.3 is 11.4 Å². The molecule has 1 rings (SSSR count). The zero-order valence-corrected chi connectivity index (χ0v) is 12.7. The van der Waals surface area contributed by atoms with Crippen molar-refractivity contribution in [2.24, 2.45) is 0 Å². The Hall–Kier alpha value is -0.340. The van der Waals surface area contributed by atoms with Gasteiger partial charge in [-0.05, 0) is 24.6 Å². The minimum absolute atomic E-state index is 0.237. The Balaban J connectivity index is 2.19. The smallest absolute Gasteiger partial charge is 0.313 e. The lowest BCUT2D eigenvalue weighted by Crippen LogP contribution is -2.33. The van der Waals surface area contributed by atoms with Crippen LogP contribution in [-0.4, -0.2) is 23.7 Å². The van der Waals surface area contributed by atoms with Gasteiger partial charge in [0.05, 0.1) is 0 Å². The van der Waals surface area contributed by atoms with Crippen LogP contribution in [0.5, 0.6) is 0 Å². The second-order valence-electron chi connectivity index (χ2n) is 3.98. The van der Waals surface area contributed by atoms with Crippen LogP contribution in [0.1, 0.15) is 12.0 Å². The first-order valence-electron chi connectivity index (χ1n) is 5.76. The number of nitrogens with one attached hydrogen (secondary N) is 1. The molecule has 0 saturated carbocycles. The zero-order chi connectivity index (χ0) is 15.2. The predicted molar refractivity (Wildman–Crippen MR) is 73.9 cm³/mol. The second-order valence-corrected chi connectivity index (χ2v) is 6.05. The minimum atomic E-state index is -5.49. The summed E-state index contributed by atoms with van der Waals surface area (Å²) >= 11 is 2.99. The van der Waals surface area contributed by atoms with Gasteiger partial charge in [-0.1, -0.05) is 45.9 Å². The Morgan fingerprint density at radius 1 is 1.10 bits per heavy atom. The zero-order valence-electron chi connectivity index (χ0n) is 10.3. The van der Waals surface area contributed by atoms with Crippen molar-refractivity contribution in [3.8, 4) is 0 Å². The highest BCUT2D eigenvalue weighted by atomic mass is 79.9. The summed E-state index contributed by atoms with van der Waals surface area (Å²) < 4.78 is 61.7. The van der Waals surface area contributed by atoms with Gasteiger partial charge in [0.15, 0.2) is 0 Å². The van der Waals surface area contributed by atoms with E-state index in [1.165, 1.54) is 0 Å². The molecule has 0 aromatic heterocycles. The SMILES string of the molecule is FC(F)(F)C(F)(F)SCCCNCc1ccccc1Br. The number of thioether (sulfide) groups is 1. The lowest BCUT2D eigenvalue weighted by Gasteiger charge is -2.18. The van der Waals surface area contributed by atoms with E-state index in [9.17, 15) is 22.0 Å². The van der Waals surface area contributed by atoms with Crippen LogP contribution in [0.2, 0.25) is 0 Å².